The molecule has 1 saturated heterocycles. The van der Waals surface area contributed by atoms with Gasteiger partial charge in [0, 0.05) is 37.8 Å². The number of carbonyl (C=O) groups excluding carboxylic acids is 1. The van der Waals surface area contributed by atoms with Crippen LogP contribution in [0.3, 0.4) is 0 Å². The van der Waals surface area contributed by atoms with Gasteiger partial charge in [-0.2, -0.15) is 0 Å². The van der Waals surface area contributed by atoms with Crippen molar-refractivity contribution in [1.29, 1.82) is 0 Å². The van der Waals surface area contributed by atoms with E-state index in [0.29, 0.717) is 24.7 Å². The van der Waals surface area contributed by atoms with Crippen LogP contribution < -0.4 is 10.6 Å². The predicted octanol–water partition coefficient (Wildman–Crippen LogP) is 0.149. The van der Waals surface area contributed by atoms with Crippen LogP contribution in [-0.2, 0) is 4.79 Å². The maximum atomic E-state index is 11.7. The Hall–Kier alpha value is -0.580. The number of rotatable bonds is 4. The van der Waals surface area contributed by atoms with E-state index in [0.717, 1.165) is 13.1 Å². The molecule has 1 rings (SSSR count). The molecule has 5 heteroatoms. The van der Waals surface area contributed by atoms with Crippen LogP contribution in [0.15, 0.2) is 11.6 Å². The van der Waals surface area contributed by atoms with Crippen LogP contribution in [0.5, 0.6) is 0 Å². The Kier molecular flexibility index (Phi) is 5.08. The number of halogens is 1. The number of nitrogens with zero attached hydrogens (tertiary/aromatic N) is 1. The Morgan fingerprint density at radius 2 is 2.47 bits per heavy atom. The minimum atomic E-state index is -0.130. The van der Waals surface area contributed by atoms with Crippen molar-refractivity contribution in [2.45, 2.75) is 13.0 Å². The summed E-state index contributed by atoms with van der Waals surface area (Å²) in [5.41, 5.74) is 0. The fourth-order valence-electron chi connectivity index (χ4n) is 1.71. The molecule has 0 saturated carbocycles. The van der Waals surface area contributed by atoms with E-state index in [-0.39, 0.29) is 11.9 Å². The molecule has 0 aromatic rings. The smallest absolute Gasteiger partial charge is 0.238 e. The highest BCUT2D eigenvalue weighted by atomic mass is 35.5. The van der Waals surface area contributed by atoms with E-state index in [1.54, 1.807) is 0 Å². The van der Waals surface area contributed by atoms with Crippen LogP contribution in [0, 0.1) is 0 Å². The zero-order valence-electron chi connectivity index (χ0n) is 9.05. The highest BCUT2D eigenvalue weighted by Crippen LogP contribution is 2.08. The second kappa shape index (κ2) is 6.10. The van der Waals surface area contributed by atoms with Crippen molar-refractivity contribution in [3.63, 3.8) is 0 Å². The van der Waals surface area contributed by atoms with Gasteiger partial charge in [0.25, 0.3) is 0 Å². The lowest BCUT2D eigenvalue weighted by Crippen LogP contribution is -2.57. The summed E-state index contributed by atoms with van der Waals surface area (Å²) in [7, 11) is 0. The summed E-state index contributed by atoms with van der Waals surface area (Å²) in [5.74, 6) is 0.0580. The molecule has 1 aliphatic rings. The van der Waals surface area contributed by atoms with E-state index < -0.39 is 0 Å². The van der Waals surface area contributed by atoms with Crippen LogP contribution in [0.2, 0.25) is 0 Å². The number of piperazine rings is 1. The number of hydrogen-bond donors (Lipinski definition) is 2. The lowest BCUT2D eigenvalue weighted by molar-refractivity contribution is -0.126. The summed E-state index contributed by atoms with van der Waals surface area (Å²) in [6.07, 6.45) is 0. The second-order valence-corrected chi connectivity index (χ2v) is 4.14. The van der Waals surface area contributed by atoms with Gasteiger partial charge in [-0.1, -0.05) is 18.2 Å². The molecule has 0 aliphatic carbocycles. The van der Waals surface area contributed by atoms with E-state index in [1.807, 2.05) is 6.92 Å². The molecule has 15 heavy (non-hydrogen) atoms. The molecule has 4 nitrogen and oxygen atoms in total. The first-order chi connectivity index (χ1) is 7.15. The van der Waals surface area contributed by atoms with Gasteiger partial charge in [-0.15, -0.1) is 0 Å². The monoisotopic (exact) mass is 231 g/mol. The minimum Gasteiger partial charge on any atom is -0.355 e. The molecular weight excluding hydrogens is 214 g/mol. The number of hydrogen-bond acceptors (Lipinski definition) is 3. The molecule has 1 fully saturated rings. The number of nitrogens with one attached hydrogen (secondary N) is 2. The van der Waals surface area contributed by atoms with Crippen molar-refractivity contribution in [3.05, 3.63) is 11.6 Å². The Morgan fingerprint density at radius 1 is 1.73 bits per heavy atom. The maximum Gasteiger partial charge on any atom is 0.238 e. The fourth-order valence-corrected chi connectivity index (χ4v) is 1.86. The highest BCUT2D eigenvalue weighted by molar-refractivity contribution is 6.29. The van der Waals surface area contributed by atoms with Crippen molar-refractivity contribution < 1.29 is 4.79 Å². The maximum absolute atomic E-state index is 11.7. The van der Waals surface area contributed by atoms with Crippen LogP contribution >= 0.6 is 11.6 Å². The Morgan fingerprint density at radius 3 is 3.07 bits per heavy atom. The summed E-state index contributed by atoms with van der Waals surface area (Å²) >= 11 is 5.77. The zero-order valence-corrected chi connectivity index (χ0v) is 9.81. The third-order valence-electron chi connectivity index (χ3n) is 2.38. The first kappa shape index (κ1) is 12.5. The largest absolute Gasteiger partial charge is 0.355 e. The molecule has 0 spiro atoms. The van der Waals surface area contributed by atoms with E-state index in [4.69, 9.17) is 11.6 Å². The first-order valence-corrected chi connectivity index (χ1v) is 5.58. The van der Waals surface area contributed by atoms with E-state index in [9.17, 15) is 4.79 Å². The lowest BCUT2D eigenvalue weighted by atomic mass is 10.1. The summed E-state index contributed by atoms with van der Waals surface area (Å²) in [6.45, 7) is 9.20. The molecule has 0 aromatic heterocycles. The molecule has 1 amide bonds. The van der Waals surface area contributed by atoms with Gasteiger partial charge < -0.3 is 10.6 Å². The van der Waals surface area contributed by atoms with Crippen LogP contribution in [0.1, 0.15) is 6.92 Å². The van der Waals surface area contributed by atoms with Crippen molar-refractivity contribution in [3.8, 4) is 0 Å². The van der Waals surface area contributed by atoms with Gasteiger partial charge in [0.05, 0.1) is 0 Å². The summed E-state index contributed by atoms with van der Waals surface area (Å²) in [4.78, 5) is 13.8. The SMILES string of the molecule is C=C(Cl)CN1CCNCC1C(=O)NCC. The van der Waals surface area contributed by atoms with E-state index >= 15 is 0 Å². The van der Waals surface area contributed by atoms with Crippen LogP contribution in [0.4, 0.5) is 0 Å². The molecule has 0 bridgehead atoms. The molecule has 1 unspecified atom stereocenters. The Balaban J connectivity index is 2.56. The third kappa shape index (κ3) is 3.81. The van der Waals surface area contributed by atoms with Crippen molar-refractivity contribution in [2.24, 2.45) is 0 Å². The fraction of sp³-hybridized carbons (Fsp3) is 0.700. The molecule has 1 aliphatic heterocycles. The second-order valence-electron chi connectivity index (χ2n) is 3.60. The van der Waals surface area contributed by atoms with E-state index in [2.05, 4.69) is 22.1 Å². The van der Waals surface area contributed by atoms with Crippen LogP contribution in [-0.4, -0.2) is 49.6 Å². The van der Waals surface area contributed by atoms with Gasteiger partial charge in [-0.3, -0.25) is 9.69 Å². The van der Waals surface area contributed by atoms with E-state index in [1.165, 1.54) is 0 Å². The van der Waals surface area contributed by atoms with Gasteiger partial charge in [-0.05, 0) is 6.92 Å². The average Bonchev–Trinajstić information content (AvgIpc) is 2.18. The van der Waals surface area contributed by atoms with Gasteiger partial charge in [-0.25, -0.2) is 0 Å². The first-order valence-electron chi connectivity index (χ1n) is 5.21. The standard InChI is InChI=1S/C10H18ClN3O/c1-3-13-10(15)9-6-12-4-5-14(9)7-8(2)11/h9,12H,2-7H2,1H3,(H,13,15). The third-order valence-corrected chi connectivity index (χ3v) is 2.50. The van der Waals surface area contributed by atoms with Gasteiger partial charge in [0.15, 0.2) is 0 Å². The number of amides is 1. The summed E-state index contributed by atoms with van der Waals surface area (Å²) in [6, 6.07) is -0.130. The van der Waals surface area contributed by atoms with Crippen LogP contribution in [0.25, 0.3) is 0 Å². The van der Waals surface area contributed by atoms with Gasteiger partial charge in [0.1, 0.15) is 6.04 Å². The van der Waals surface area contributed by atoms with Crippen molar-refractivity contribution in [1.82, 2.24) is 15.5 Å². The molecular formula is C10H18ClN3O. The summed E-state index contributed by atoms with van der Waals surface area (Å²) < 4.78 is 0. The molecule has 0 radical (unpaired) electrons. The van der Waals surface area contributed by atoms with Crippen molar-refractivity contribution in [2.75, 3.05) is 32.7 Å². The summed E-state index contributed by atoms with van der Waals surface area (Å²) in [5, 5.41) is 6.60. The highest BCUT2D eigenvalue weighted by Gasteiger charge is 2.27. The molecule has 0 aromatic carbocycles. The normalized spacial score (nSPS) is 22.4. The molecule has 2 N–H and O–H groups in total. The number of carbonyl (C=O) groups is 1. The topological polar surface area (TPSA) is 44.4 Å². The number of likely N-dealkylation sites (N-methyl/N-ethyl adjacent to an activating group) is 1. The Labute approximate surface area is 95.7 Å². The molecule has 1 heterocycles. The molecule has 1 atom stereocenters. The van der Waals surface area contributed by atoms with Crippen molar-refractivity contribution >= 4 is 17.5 Å². The zero-order chi connectivity index (χ0) is 11.3. The average molecular weight is 232 g/mol. The quantitative estimate of drug-likeness (QED) is 0.724. The predicted molar refractivity (Wildman–Crippen MR) is 61.9 cm³/mol. The Bertz CT molecular complexity index is 245. The van der Waals surface area contributed by atoms with Gasteiger partial charge in [0.2, 0.25) is 5.91 Å². The van der Waals surface area contributed by atoms with Gasteiger partial charge >= 0.3 is 0 Å². The molecule has 86 valence electrons. The lowest BCUT2D eigenvalue weighted by Gasteiger charge is -2.34. The minimum absolute atomic E-state index is 0.0580.